The Morgan fingerprint density at radius 1 is 1.17 bits per heavy atom. The summed E-state index contributed by atoms with van der Waals surface area (Å²) in [5.74, 6) is 0.747. The molecule has 1 aliphatic rings. The van der Waals surface area contributed by atoms with Gasteiger partial charge in [0, 0.05) is 25.0 Å². The average Bonchev–Trinajstić information content (AvgIpc) is 2.98. The zero-order valence-electron chi connectivity index (χ0n) is 13.7. The van der Waals surface area contributed by atoms with Crippen LogP contribution in [0.15, 0.2) is 35.4 Å². The van der Waals surface area contributed by atoms with E-state index in [4.69, 9.17) is 4.74 Å². The molecule has 2 aromatic rings. The zero-order valence-corrected chi connectivity index (χ0v) is 14.6. The van der Waals surface area contributed by atoms with Crippen LogP contribution in [-0.4, -0.2) is 30.4 Å². The smallest absolute Gasteiger partial charge is 0.243 e. The number of aryl methyl sites for hydroxylation is 2. The molecule has 1 aliphatic heterocycles. The Morgan fingerprint density at radius 3 is 2.70 bits per heavy atom. The predicted molar refractivity (Wildman–Crippen MR) is 89.1 cm³/mol. The van der Waals surface area contributed by atoms with Gasteiger partial charge in [-0.15, -0.1) is 0 Å². The van der Waals surface area contributed by atoms with E-state index in [0.29, 0.717) is 31.1 Å². The van der Waals surface area contributed by atoms with Gasteiger partial charge >= 0.3 is 0 Å². The maximum Gasteiger partial charge on any atom is 0.243 e. The van der Waals surface area contributed by atoms with Gasteiger partial charge in [0.2, 0.25) is 10.0 Å². The summed E-state index contributed by atoms with van der Waals surface area (Å²) < 4.78 is 35.3. The average molecular weight is 334 g/mol. The van der Waals surface area contributed by atoms with Crippen molar-refractivity contribution in [2.24, 2.45) is 0 Å². The molecule has 0 aliphatic carbocycles. The highest BCUT2D eigenvalue weighted by Crippen LogP contribution is 2.29. The highest BCUT2D eigenvalue weighted by Gasteiger charge is 2.29. The van der Waals surface area contributed by atoms with Crippen LogP contribution in [0.3, 0.4) is 0 Å². The molecule has 0 saturated heterocycles. The van der Waals surface area contributed by atoms with Crippen LogP contribution in [0.25, 0.3) is 0 Å². The SMILES string of the molecule is CCOc1cc(C)c(S(=O)(=O)N2CCn3cccc3C2)cc1C. The van der Waals surface area contributed by atoms with Gasteiger partial charge in [0.05, 0.1) is 18.0 Å². The number of rotatable bonds is 4. The van der Waals surface area contributed by atoms with E-state index in [1.807, 2.05) is 45.2 Å². The van der Waals surface area contributed by atoms with Crippen molar-refractivity contribution >= 4 is 10.0 Å². The molecular weight excluding hydrogens is 312 g/mol. The Hall–Kier alpha value is -1.79. The number of fused-ring (bicyclic) bond motifs is 1. The van der Waals surface area contributed by atoms with Crippen molar-refractivity contribution in [3.63, 3.8) is 0 Å². The van der Waals surface area contributed by atoms with Crippen LogP contribution in [0.5, 0.6) is 5.75 Å². The van der Waals surface area contributed by atoms with Gasteiger partial charge in [-0.2, -0.15) is 4.31 Å². The van der Waals surface area contributed by atoms with Gasteiger partial charge in [-0.05, 0) is 56.2 Å². The topological polar surface area (TPSA) is 51.5 Å². The second-order valence-electron chi connectivity index (χ2n) is 5.85. The number of sulfonamides is 1. The molecule has 3 rings (SSSR count). The fraction of sp³-hybridized carbons (Fsp3) is 0.412. The van der Waals surface area contributed by atoms with Gasteiger partial charge < -0.3 is 9.30 Å². The lowest BCUT2D eigenvalue weighted by molar-refractivity contribution is 0.336. The Morgan fingerprint density at radius 2 is 1.96 bits per heavy atom. The molecule has 5 nitrogen and oxygen atoms in total. The number of nitrogens with zero attached hydrogens (tertiary/aromatic N) is 2. The molecule has 0 radical (unpaired) electrons. The molecule has 0 amide bonds. The van der Waals surface area contributed by atoms with Gasteiger partial charge in [-0.3, -0.25) is 0 Å². The lowest BCUT2D eigenvalue weighted by Crippen LogP contribution is -2.38. The third-order valence-corrected chi connectivity index (χ3v) is 6.23. The largest absolute Gasteiger partial charge is 0.494 e. The highest BCUT2D eigenvalue weighted by atomic mass is 32.2. The van der Waals surface area contributed by atoms with Crippen LogP contribution < -0.4 is 4.74 Å². The van der Waals surface area contributed by atoms with Crippen LogP contribution in [0, 0.1) is 13.8 Å². The van der Waals surface area contributed by atoms with Crippen molar-refractivity contribution in [3.8, 4) is 5.75 Å². The van der Waals surface area contributed by atoms with Gasteiger partial charge in [0.15, 0.2) is 0 Å². The molecule has 0 bridgehead atoms. The highest BCUT2D eigenvalue weighted by molar-refractivity contribution is 7.89. The van der Waals surface area contributed by atoms with E-state index in [9.17, 15) is 8.42 Å². The first kappa shape index (κ1) is 16.1. The molecule has 0 saturated carbocycles. The minimum Gasteiger partial charge on any atom is -0.494 e. The molecule has 0 N–H and O–H groups in total. The summed E-state index contributed by atoms with van der Waals surface area (Å²) in [6.07, 6.45) is 1.99. The fourth-order valence-electron chi connectivity index (χ4n) is 2.99. The molecule has 0 fully saturated rings. The summed E-state index contributed by atoms with van der Waals surface area (Å²) in [4.78, 5) is 0.374. The summed E-state index contributed by atoms with van der Waals surface area (Å²) in [5.41, 5.74) is 2.59. The second-order valence-corrected chi connectivity index (χ2v) is 7.75. The van der Waals surface area contributed by atoms with E-state index in [1.54, 1.807) is 10.4 Å². The monoisotopic (exact) mass is 334 g/mol. The quantitative estimate of drug-likeness (QED) is 0.864. The number of benzene rings is 1. The third kappa shape index (κ3) is 2.88. The lowest BCUT2D eigenvalue weighted by Gasteiger charge is -2.28. The van der Waals surface area contributed by atoms with Gasteiger partial charge in [0.1, 0.15) is 5.75 Å². The maximum absolute atomic E-state index is 13.0. The van der Waals surface area contributed by atoms with Crippen molar-refractivity contribution < 1.29 is 13.2 Å². The molecule has 124 valence electrons. The zero-order chi connectivity index (χ0) is 16.6. The van der Waals surface area contributed by atoms with Crippen LogP contribution in [0.2, 0.25) is 0 Å². The summed E-state index contributed by atoms with van der Waals surface area (Å²) >= 11 is 0. The first-order valence-electron chi connectivity index (χ1n) is 7.81. The summed E-state index contributed by atoms with van der Waals surface area (Å²) in [6.45, 7) is 7.79. The van der Waals surface area contributed by atoms with E-state index in [2.05, 4.69) is 4.57 Å². The van der Waals surface area contributed by atoms with E-state index >= 15 is 0 Å². The van der Waals surface area contributed by atoms with Crippen molar-refractivity contribution in [1.82, 2.24) is 8.87 Å². The Kier molecular flexibility index (Phi) is 4.21. The van der Waals surface area contributed by atoms with E-state index in [1.165, 1.54) is 0 Å². The van der Waals surface area contributed by atoms with Crippen LogP contribution in [0.4, 0.5) is 0 Å². The van der Waals surface area contributed by atoms with Crippen molar-refractivity contribution in [1.29, 1.82) is 0 Å². The molecule has 6 heteroatoms. The van der Waals surface area contributed by atoms with E-state index in [0.717, 1.165) is 22.6 Å². The molecule has 1 aromatic carbocycles. The minimum atomic E-state index is -3.50. The molecule has 23 heavy (non-hydrogen) atoms. The van der Waals surface area contributed by atoms with Gasteiger partial charge in [0.25, 0.3) is 0 Å². The van der Waals surface area contributed by atoms with Crippen molar-refractivity contribution in [3.05, 3.63) is 47.3 Å². The first-order valence-corrected chi connectivity index (χ1v) is 9.25. The Balaban J connectivity index is 1.96. The summed E-state index contributed by atoms with van der Waals surface area (Å²) in [5, 5.41) is 0. The molecule has 2 heterocycles. The van der Waals surface area contributed by atoms with E-state index < -0.39 is 10.0 Å². The second kappa shape index (κ2) is 6.02. The Bertz CT molecular complexity index is 824. The Labute approximate surface area is 137 Å². The van der Waals surface area contributed by atoms with Crippen LogP contribution in [0.1, 0.15) is 23.7 Å². The molecular formula is C17H22N2O3S. The van der Waals surface area contributed by atoms with Crippen molar-refractivity contribution in [2.75, 3.05) is 13.2 Å². The van der Waals surface area contributed by atoms with E-state index in [-0.39, 0.29) is 0 Å². The predicted octanol–water partition coefficient (Wildman–Crippen LogP) is 2.71. The van der Waals surface area contributed by atoms with Crippen LogP contribution >= 0.6 is 0 Å². The maximum atomic E-state index is 13.0. The van der Waals surface area contributed by atoms with Crippen LogP contribution in [-0.2, 0) is 23.1 Å². The molecule has 1 aromatic heterocycles. The van der Waals surface area contributed by atoms with Gasteiger partial charge in [-0.25, -0.2) is 8.42 Å². The summed E-state index contributed by atoms with van der Waals surface area (Å²) in [6, 6.07) is 7.47. The minimum absolute atomic E-state index is 0.374. The number of hydrogen-bond donors (Lipinski definition) is 0. The molecule has 0 atom stereocenters. The lowest BCUT2D eigenvalue weighted by atomic mass is 10.1. The number of ether oxygens (including phenoxy) is 1. The number of aromatic nitrogens is 1. The first-order chi connectivity index (χ1) is 10.9. The van der Waals surface area contributed by atoms with Gasteiger partial charge in [-0.1, -0.05) is 0 Å². The standard InChI is InChI=1S/C17H22N2O3S/c1-4-22-16-10-14(3)17(11-13(16)2)23(20,21)19-9-8-18-7-5-6-15(18)12-19/h5-7,10-11H,4,8-9,12H2,1-3H3. The molecule has 0 spiro atoms. The number of hydrogen-bond acceptors (Lipinski definition) is 3. The third-order valence-electron chi connectivity index (χ3n) is 4.24. The van der Waals surface area contributed by atoms with Crippen molar-refractivity contribution in [2.45, 2.75) is 38.8 Å². The fourth-order valence-corrected chi connectivity index (χ4v) is 4.68. The normalized spacial score (nSPS) is 15.4. The molecule has 0 unspecified atom stereocenters. The summed E-state index contributed by atoms with van der Waals surface area (Å²) in [7, 11) is -3.50.